The molecule has 0 fully saturated rings. The first-order chi connectivity index (χ1) is 12.4. The van der Waals surface area contributed by atoms with Crippen molar-refractivity contribution in [3.05, 3.63) is 59.3 Å². The van der Waals surface area contributed by atoms with Gasteiger partial charge in [0.2, 0.25) is 11.8 Å². The Morgan fingerprint density at radius 1 is 1.15 bits per heavy atom. The highest BCUT2D eigenvalue weighted by atomic mass is 19.1. The highest BCUT2D eigenvalue weighted by molar-refractivity contribution is 5.85. The maximum absolute atomic E-state index is 13.7. The number of nitrogens with one attached hydrogen (secondary N) is 1. The Bertz CT molecular complexity index is 761. The van der Waals surface area contributed by atoms with Gasteiger partial charge in [-0.2, -0.15) is 0 Å². The highest BCUT2D eigenvalue weighted by Crippen LogP contribution is 2.13. The van der Waals surface area contributed by atoms with Crippen LogP contribution in [0.25, 0.3) is 0 Å². The van der Waals surface area contributed by atoms with E-state index < -0.39 is 36.0 Å². The van der Waals surface area contributed by atoms with Crippen molar-refractivity contribution in [2.24, 2.45) is 0 Å². The molecule has 1 N–H and O–H groups in total. The molecule has 0 saturated carbocycles. The van der Waals surface area contributed by atoms with Crippen molar-refractivity contribution < 1.29 is 27.8 Å². The van der Waals surface area contributed by atoms with Crippen LogP contribution in [0.3, 0.4) is 0 Å². The number of amides is 1. The van der Waals surface area contributed by atoms with Gasteiger partial charge in [-0.05, 0) is 17.7 Å². The number of pyridine rings is 1. The van der Waals surface area contributed by atoms with Crippen molar-refractivity contribution in [2.45, 2.75) is 18.9 Å². The Balaban J connectivity index is 2.09. The molecule has 1 aromatic carbocycles. The average molecular weight is 364 g/mol. The van der Waals surface area contributed by atoms with E-state index in [0.29, 0.717) is 11.4 Å². The molecule has 2 rings (SSSR count). The van der Waals surface area contributed by atoms with E-state index in [0.717, 1.165) is 12.1 Å². The van der Waals surface area contributed by atoms with Gasteiger partial charge in [-0.15, -0.1) is 0 Å². The number of ether oxygens (including phenoxy) is 2. The largest absolute Gasteiger partial charge is 0.481 e. The van der Waals surface area contributed by atoms with Crippen molar-refractivity contribution in [3.63, 3.8) is 0 Å². The van der Waals surface area contributed by atoms with E-state index in [9.17, 15) is 18.4 Å². The summed E-state index contributed by atoms with van der Waals surface area (Å²) >= 11 is 0. The van der Waals surface area contributed by atoms with Gasteiger partial charge in [-0.25, -0.2) is 18.6 Å². The number of hydrogen-bond acceptors (Lipinski definition) is 5. The van der Waals surface area contributed by atoms with Crippen LogP contribution in [0.1, 0.15) is 11.1 Å². The quantitative estimate of drug-likeness (QED) is 0.759. The number of carbonyl (C=O) groups is 2. The SMILES string of the molecule is COC(=O)[C@H](Cc1ccc(OC)nc1)NC(=O)Cc1c(F)cccc1F. The van der Waals surface area contributed by atoms with Crippen LogP contribution >= 0.6 is 0 Å². The molecule has 0 radical (unpaired) electrons. The average Bonchev–Trinajstić information content (AvgIpc) is 2.64. The zero-order valence-electron chi connectivity index (χ0n) is 14.3. The second kappa shape index (κ2) is 8.89. The van der Waals surface area contributed by atoms with E-state index in [2.05, 4.69) is 15.0 Å². The van der Waals surface area contributed by atoms with Crippen molar-refractivity contribution in [1.82, 2.24) is 10.3 Å². The van der Waals surface area contributed by atoms with E-state index in [1.807, 2.05) is 0 Å². The smallest absolute Gasteiger partial charge is 0.328 e. The fraction of sp³-hybridized carbons (Fsp3) is 0.278. The summed E-state index contributed by atoms with van der Waals surface area (Å²) in [7, 11) is 2.66. The molecule has 0 aliphatic rings. The lowest BCUT2D eigenvalue weighted by atomic mass is 10.1. The third-order valence-electron chi connectivity index (χ3n) is 3.67. The predicted molar refractivity (Wildman–Crippen MR) is 88.5 cm³/mol. The predicted octanol–water partition coefficient (Wildman–Crippen LogP) is 1.81. The molecule has 1 aromatic heterocycles. The van der Waals surface area contributed by atoms with Gasteiger partial charge in [0.25, 0.3) is 0 Å². The van der Waals surface area contributed by atoms with Gasteiger partial charge < -0.3 is 14.8 Å². The summed E-state index contributed by atoms with van der Waals surface area (Å²) in [5.74, 6) is -2.63. The molecule has 6 nitrogen and oxygen atoms in total. The van der Waals surface area contributed by atoms with Gasteiger partial charge in [0, 0.05) is 24.2 Å². The molecule has 0 saturated heterocycles. The molecule has 26 heavy (non-hydrogen) atoms. The van der Waals surface area contributed by atoms with Crippen molar-refractivity contribution >= 4 is 11.9 Å². The first-order valence-corrected chi connectivity index (χ1v) is 7.73. The van der Waals surface area contributed by atoms with Gasteiger partial charge >= 0.3 is 5.97 Å². The number of rotatable bonds is 7. The molecule has 0 aliphatic carbocycles. The van der Waals surface area contributed by atoms with Gasteiger partial charge in [0.15, 0.2) is 0 Å². The van der Waals surface area contributed by atoms with Crippen LogP contribution in [-0.4, -0.2) is 37.1 Å². The number of carbonyl (C=O) groups excluding carboxylic acids is 2. The van der Waals surface area contributed by atoms with E-state index in [1.54, 1.807) is 12.1 Å². The number of nitrogens with zero attached hydrogens (tertiary/aromatic N) is 1. The Morgan fingerprint density at radius 2 is 1.85 bits per heavy atom. The Labute approximate surface area is 149 Å². The molecule has 0 unspecified atom stereocenters. The molecular formula is C18H18F2N2O4. The van der Waals surface area contributed by atoms with E-state index >= 15 is 0 Å². The Hall–Kier alpha value is -3.03. The van der Waals surface area contributed by atoms with Crippen LogP contribution in [0.5, 0.6) is 5.88 Å². The normalized spacial score (nSPS) is 11.5. The third-order valence-corrected chi connectivity index (χ3v) is 3.67. The summed E-state index contributed by atoms with van der Waals surface area (Å²) in [5, 5.41) is 2.44. The van der Waals surface area contributed by atoms with Gasteiger partial charge in [-0.1, -0.05) is 12.1 Å². The maximum Gasteiger partial charge on any atom is 0.328 e. The second-order valence-corrected chi connectivity index (χ2v) is 5.43. The molecule has 1 heterocycles. The standard InChI is InChI=1S/C18H18F2N2O4/c1-25-17-7-6-11(10-21-17)8-15(18(24)26-2)22-16(23)9-12-13(19)4-3-5-14(12)20/h3-7,10,15H,8-9H2,1-2H3,(H,22,23)/t15-/m0/s1. The van der Waals surface area contributed by atoms with Crippen molar-refractivity contribution in [3.8, 4) is 5.88 Å². The summed E-state index contributed by atoms with van der Waals surface area (Å²) in [4.78, 5) is 28.1. The molecule has 2 aromatic rings. The van der Waals surface area contributed by atoms with Crippen molar-refractivity contribution in [2.75, 3.05) is 14.2 Å². The van der Waals surface area contributed by atoms with Crippen LogP contribution in [0.15, 0.2) is 36.5 Å². The molecule has 0 aliphatic heterocycles. The summed E-state index contributed by atoms with van der Waals surface area (Å²) in [6.07, 6.45) is 1.07. The van der Waals surface area contributed by atoms with Gasteiger partial charge in [0.1, 0.15) is 17.7 Å². The van der Waals surface area contributed by atoms with Crippen molar-refractivity contribution in [1.29, 1.82) is 0 Å². The van der Waals surface area contributed by atoms with E-state index in [4.69, 9.17) is 4.74 Å². The maximum atomic E-state index is 13.7. The number of aromatic nitrogens is 1. The first-order valence-electron chi connectivity index (χ1n) is 7.73. The molecule has 1 amide bonds. The summed E-state index contributed by atoms with van der Waals surface area (Å²) in [5.41, 5.74) is 0.290. The summed E-state index contributed by atoms with van der Waals surface area (Å²) in [6, 6.07) is 5.61. The molecule has 8 heteroatoms. The number of methoxy groups -OCH3 is 2. The number of hydrogen-bond donors (Lipinski definition) is 1. The molecular weight excluding hydrogens is 346 g/mol. The fourth-order valence-corrected chi connectivity index (χ4v) is 2.33. The zero-order valence-corrected chi connectivity index (χ0v) is 14.3. The van der Waals surface area contributed by atoms with Crippen LogP contribution in [0, 0.1) is 11.6 Å². The lowest BCUT2D eigenvalue weighted by Gasteiger charge is -2.17. The van der Waals surface area contributed by atoms with Gasteiger partial charge in [-0.3, -0.25) is 4.79 Å². The van der Waals surface area contributed by atoms with Crippen LogP contribution in [0.2, 0.25) is 0 Å². The zero-order chi connectivity index (χ0) is 19.1. The molecule has 138 valence electrons. The molecule has 1 atom stereocenters. The molecule has 0 bridgehead atoms. The van der Waals surface area contributed by atoms with Crippen LogP contribution < -0.4 is 10.1 Å². The van der Waals surface area contributed by atoms with Crippen LogP contribution in [0.4, 0.5) is 8.78 Å². The Morgan fingerprint density at radius 3 is 2.38 bits per heavy atom. The van der Waals surface area contributed by atoms with Crippen LogP contribution in [-0.2, 0) is 27.2 Å². The van der Waals surface area contributed by atoms with E-state index in [-0.39, 0.29) is 12.0 Å². The first kappa shape index (κ1) is 19.3. The second-order valence-electron chi connectivity index (χ2n) is 5.43. The fourth-order valence-electron chi connectivity index (χ4n) is 2.33. The minimum absolute atomic E-state index is 0.106. The number of benzene rings is 1. The number of halogens is 2. The minimum atomic E-state index is -1.02. The summed E-state index contributed by atoms with van der Waals surface area (Å²) in [6.45, 7) is 0. The van der Waals surface area contributed by atoms with E-state index in [1.165, 1.54) is 26.5 Å². The molecule has 0 spiro atoms. The number of esters is 1. The lowest BCUT2D eigenvalue weighted by molar-refractivity contribution is -0.145. The monoisotopic (exact) mass is 364 g/mol. The highest BCUT2D eigenvalue weighted by Gasteiger charge is 2.23. The van der Waals surface area contributed by atoms with Gasteiger partial charge in [0.05, 0.1) is 20.6 Å². The Kier molecular flexibility index (Phi) is 6.60. The third kappa shape index (κ3) is 4.98. The minimum Gasteiger partial charge on any atom is -0.481 e. The lowest BCUT2D eigenvalue weighted by Crippen LogP contribution is -2.43. The topological polar surface area (TPSA) is 77.5 Å². The summed E-state index contributed by atoms with van der Waals surface area (Å²) < 4.78 is 37.0.